The van der Waals surface area contributed by atoms with E-state index in [0.29, 0.717) is 11.1 Å². The number of rotatable bonds is 5. The number of hydrogen-bond acceptors (Lipinski definition) is 4. The molecule has 0 atom stereocenters. The average molecular weight is 397 g/mol. The molecule has 0 aliphatic carbocycles. The molecule has 0 amide bonds. The van der Waals surface area contributed by atoms with Crippen molar-refractivity contribution >= 4 is 25.7 Å². The van der Waals surface area contributed by atoms with Crippen LogP contribution in [0.15, 0.2) is 40.1 Å². The number of nitrogens with zero attached hydrogens (tertiary/aromatic N) is 1. The van der Waals surface area contributed by atoms with Gasteiger partial charge < -0.3 is 0 Å². The Kier molecular flexibility index (Phi) is 5.51. The molecule has 2 aromatic carbocycles. The average Bonchev–Trinajstić information content (AvgIpc) is 2.52. The highest BCUT2D eigenvalue weighted by atomic mass is 32.2. The maximum atomic E-state index is 13.0. The van der Waals surface area contributed by atoms with E-state index in [4.69, 9.17) is 0 Å². The Morgan fingerprint density at radius 1 is 0.846 bits per heavy atom. The topological polar surface area (TPSA) is 83.5 Å². The van der Waals surface area contributed by atoms with Gasteiger partial charge in [-0.1, -0.05) is 12.1 Å². The lowest BCUT2D eigenvalue weighted by Crippen LogP contribution is -2.22. The summed E-state index contributed by atoms with van der Waals surface area (Å²) in [5.41, 5.74) is 3.33. The van der Waals surface area contributed by atoms with Crippen LogP contribution < -0.4 is 4.72 Å². The Balaban J connectivity index is 2.53. The van der Waals surface area contributed by atoms with Crippen molar-refractivity contribution in [3.05, 3.63) is 52.6 Å². The molecule has 0 unspecified atom stereocenters. The summed E-state index contributed by atoms with van der Waals surface area (Å²) >= 11 is 0. The van der Waals surface area contributed by atoms with E-state index in [-0.39, 0.29) is 15.5 Å². The molecule has 26 heavy (non-hydrogen) atoms. The lowest BCUT2D eigenvalue weighted by Gasteiger charge is -2.17. The van der Waals surface area contributed by atoms with Gasteiger partial charge in [-0.3, -0.25) is 4.72 Å². The molecule has 0 spiro atoms. The summed E-state index contributed by atoms with van der Waals surface area (Å²) in [6, 6.07) is 7.74. The van der Waals surface area contributed by atoms with E-state index in [1.165, 1.54) is 38.4 Å². The van der Waals surface area contributed by atoms with Crippen LogP contribution in [-0.4, -0.2) is 35.2 Å². The Hall–Kier alpha value is -1.90. The zero-order valence-electron chi connectivity index (χ0n) is 15.8. The molecular formula is C18H24N2O4S2. The molecule has 142 valence electrons. The molecule has 0 bridgehead atoms. The lowest BCUT2D eigenvalue weighted by atomic mass is 10.0. The molecule has 2 aromatic rings. The Bertz CT molecular complexity index is 1030. The molecule has 0 fully saturated rings. The highest BCUT2D eigenvalue weighted by Gasteiger charge is 2.23. The van der Waals surface area contributed by atoms with E-state index in [9.17, 15) is 16.8 Å². The van der Waals surface area contributed by atoms with Crippen LogP contribution in [0, 0.1) is 27.7 Å². The van der Waals surface area contributed by atoms with Crippen LogP contribution in [0.4, 0.5) is 5.69 Å². The van der Waals surface area contributed by atoms with Gasteiger partial charge in [-0.05, 0) is 68.1 Å². The van der Waals surface area contributed by atoms with Crippen molar-refractivity contribution in [3.8, 4) is 0 Å². The van der Waals surface area contributed by atoms with Crippen LogP contribution in [0.1, 0.15) is 22.3 Å². The number of aryl methyl sites for hydroxylation is 2. The van der Waals surface area contributed by atoms with Gasteiger partial charge in [-0.25, -0.2) is 21.1 Å². The van der Waals surface area contributed by atoms with E-state index in [2.05, 4.69) is 4.72 Å². The fourth-order valence-corrected chi connectivity index (χ4v) is 5.34. The molecule has 0 aliphatic heterocycles. The van der Waals surface area contributed by atoms with Crippen LogP contribution in [0.25, 0.3) is 0 Å². The maximum absolute atomic E-state index is 13.0. The Labute approximate surface area is 156 Å². The van der Waals surface area contributed by atoms with Crippen LogP contribution in [0.2, 0.25) is 0 Å². The van der Waals surface area contributed by atoms with Gasteiger partial charge in [0.15, 0.2) is 0 Å². The number of sulfonamides is 2. The van der Waals surface area contributed by atoms with Gasteiger partial charge in [0.2, 0.25) is 10.0 Å². The van der Waals surface area contributed by atoms with Gasteiger partial charge in [0.05, 0.1) is 15.5 Å². The quantitative estimate of drug-likeness (QED) is 0.842. The van der Waals surface area contributed by atoms with Gasteiger partial charge >= 0.3 is 0 Å². The summed E-state index contributed by atoms with van der Waals surface area (Å²) < 4.78 is 54.1. The molecule has 8 heteroatoms. The van der Waals surface area contributed by atoms with Crippen molar-refractivity contribution in [2.75, 3.05) is 18.8 Å². The van der Waals surface area contributed by atoms with Crippen LogP contribution in [0.3, 0.4) is 0 Å². The van der Waals surface area contributed by atoms with E-state index in [1.807, 2.05) is 19.9 Å². The van der Waals surface area contributed by atoms with E-state index >= 15 is 0 Å². The van der Waals surface area contributed by atoms with Crippen LogP contribution in [0.5, 0.6) is 0 Å². The minimum atomic E-state index is -3.86. The summed E-state index contributed by atoms with van der Waals surface area (Å²) in [6.07, 6.45) is 0. The first-order valence-electron chi connectivity index (χ1n) is 8.00. The summed E-state index contributed by atoms with van der Waals surface area (Å²) in [5, 5.41) is 0. The Morgan fingerprint density at radius 2 is 1.38 bits per heavy atom. The zero-order valence-corrected chi connectivity index (χ0v) is 17.4. The predicted octanol–water partition coefficient (Wildman–Crippen LogP) is 2.97. The normalized spacial score (nSPS) is 12.4. The number of benzene rings is 2. The minimum absolute atomic E-state index is 0.0246. The van der Waals surface area contributed by atoms with E-state index in [0.717, 1.165) is 15.4 Å². The monoisotopic (exact) mass is 396 g/mol. The minimum Gasteiger partial charge on any atom is -0.280 e. The van der Waals surface area contributed by atoms with Crippen LogP contribution >= 0.6 is 0 Å². The van der Waals surface area contributed by atoms with Crippen molar-refractivity contribution < 1.29 is 16.8 Å². The van der Waals surface area contributed by atoms with Crippen molar-refractivity contribution in [1.82, 2.24) is 4.31 Å². The number of nitrogens with one attached hydrogen (secondary N) is 1. The molecule has 0 saturated heterocycles. The highest BCUT2D eigenvalue weighted by Crippen LogP contribution is 2.28. The fourth-order valence-electron chi connectivity index (χ4n) is 2.72. The first-order chi connectivity index (χ1) is 11.9. The SMILES string of the molecule is Cc1cc(C)c(C)c(S(=O)(=O)Nc2cccc(S(=O)(=O)N(C)C)c2)c1C. The summed E-state index contributed by atoms with van der Waals surface area (Å²) in [7, 11) is -4.66. The highest BCUT2D eigenvalue weighted by molar-refractivity contribution is 7.92. The third-order valence-corrected chi connectivity index (χ3v) is 7.90. The van der Waals surface area contributed by atoms with Crippen LogP contribution in [-0.2, 0) is 20.0 Å². The zero-order chi connectivity index (χ0) is 19.9. The second kappa shape index (κ2) is 7.02. The van der Waals surface area contributed by atoms with Gasteiger partial charge in [0.1, 0.15) is 0 Å². The largest absolute Gasteiger partial charge is 0.280 e. The molecule has 0 heterocycles. The van der Waals surface area contributed by atoms with Gasteiger partial charge in [0, 0.05) is 14.1 Å². The molecular weight excluding hydrogens is 372 g/mol. The molecule has 0 radical (unpaired) electrons. The first-order valence-corrected chi connectivity index (χ1v) is 10.9. The second-order valence-electron chi connectivity index (χ2n) is 6.51. The van der Waals surface area contributed by atoms with Crippen molar-refractivity contribution in [2.24, 2.45) is 0 Å². The summed E-state index contributed by atoms with van der Waals surface area (Å²) in [6.45, 7) is 7.27. The smallest absolute Gasteiger partial charge is 0.262 e. The lowest BCUT2D eigenvalue weighted by molar-refractivity contribution is 0.520. The molecule has 0 aromatic heterocycles. The van der Waals surface area contributed by atoms with Gasteiger partial charge in [0.25, 0.3) is 10.0 Å². The number of anilines is 1. The summed E-state index contributed by atoms with van der Waals surface area (Å²) in [5.74, 6) is 0. The standard InChI is InChI=1S/C18H24N2O4S2/c1-12-10-13(2)15(4)18(14(12)3)25(21,22)19-16-8-7-9-17(11-16)26(23,24)20(5)6/h7-11,19H,1-6H3. The number of hydrogen-bond donors (Lipinski definition) is 1. The molecule has 0 saturated carbocycles. The van der Waals surface area contributed by atoms with Crippen molar-refractivity contribution in [1.29, 1.82) is 0 Å². The van der Waals surface area contributed by atoms with E-state index in [1.54, 1.807) is 13.8 Å². The Morgan fingerprint density at radius 3 is 1.88 bits per heavy atom. The molecule has 1 N–H and O–H groups in total. The maximum Gasteiger partial charge on any atom is 0.262 e. The van der Waals surface area contributed by atoms with E-state index < -0.39 is 20.0 Å². The van der Waals surface area contributed by atoms with Crippen molar-refractivity contribution in [2.45, 2.75) is 37.5 Å². The first kappa shape index (κ1) is 20.4. The predicted molar refractivity (Wildman–Crippen MR) is 104 cm³/mol. The van der Waals surface area contributed by atoms with Crippen molar-refractivity contribution in [3.63, 3.8) is 0 Å². The third kappa shape index (κ3) is 3.77. The second-order valence-corrected chi connectivity index (χ2v) is 10.3. The molecule has 2 rings (SSSR count). The molecule has 0 aliphatic rings. The van der Waals surface area contributed by atoms with Gasteiger partial charge in [-0.2, -0.15) is 0 Å². The third-order valence-electron chi connectivity index (χ3n) is 4.43. The fraction of sp³-hybridized carbons (Fsp3) is 0.333. The van der Waals surface area contributed by atoms with Gasteiger partial charge in [-0.15, -0.1) is 0 Å². The molecule has 6 nitrogen and oxygen atoms in total. The summed E-state index contributed by atoms with van der Waals surface area (Å²) in [4.78, 5) is 0.257.